The largest absolute Gasteiger partial charge is 0.305 e. The Morgan fingerprint density at radius 1 is 1.08 bits per heavy atom. The van der Waals surface area contributed by atoms with Gasteiger partial charge in [0.2, 0.25) is 0 Å². The van der Waals surface area contributed by atoms with Crippen molar-refractivity contribution < 1.29 is 8.42 Å². The number of anilines is 1. The van der Waals surface area contributed by atoms with Crippen molar-refractivity contribution in [3.05, 3.63) is 69.9 Å². The number of aromatic nitrogens is 2. The molecule has 8 heteroatoms. The number of nitrogens with zero attached hydrogens (tertiary/aromatic N) is 2. The maximum Gasteiger partial charge on any atom is 0.271 e. The molecule has 0 atom stereocenters. The molecule has 0 amide bonds. The van der Waals surface area contributed by atoms with E-state index in [2.05, 4.69) is 32.3 Å². The summed E-state index contributed by atoms with van der Waals surface area (Å²) in [4.78, 5) is 4.60. The maximum atomic E-state index is 12.4. The lowest BCUT2D eigenvalue weighted by atomic mass is 10.1. The Bertz CT molecular complexity index is 1150. The summed E-state index contributed by atoms with van der Waals surface area (Å²) >= 11 is 3.44. The molecule has 0 saturated carbocycles. The number of hydrogen-bond acceptors (Lipinski definition) is 4. The SMILES string of the molecule is O=S(=O)(Nc1cccc(-c2cn3cc(I)ccc3n2)c1)c1cccs1. The standard InChI is InChI=1S/C17H12IN3O2S2/c18-13-6-7-16-19-15(11-21(16)10-13)12-3-1-4-14(9-12)20-25(22,23)17-5-2-8-24-17/h1-11,20H. The van der Waals surface area contributed by atoms with Crippen LogP contribution in [0.2, 0.25) is 0 Å². The molecule has 25 heavy (non-hydrogen) atoms. The topological polar surface area (TPSA) is 63.5 Å². The lowest BCUT2D eigenvalue weighted by Gasteiger charge is -2.07. The van der Waals surface area contributed by atoms with Gasteiger partial charge in [-0.3, -0.25) is 4.72 Å². The predicted molar refractivity (Wildman–Crippen MR) is 108 cm³/mol. The summed E-state index contributed by atoms with van der Waals surface area (Å²) < 4.78 is 30.7. The van der Waals surface area contributed by atoms with Gasteiger partial charge in [0.1, 0.15) is 9.86 Å². The van der Waals surface area contributed by atoms with E-state index in [1.54, 1.807) is 29.6 Å². The van der Waals surface area contributed by atoms with Crippen LogP contribution in [-0.2, 0) is 10.0 Å². The van der Waals surface area contributed by atoms with Crippen LogP contribution in [0, 0.1) is 3.57 Å². The van der Waals surface area contributed by atoms with Crippen molar-refractivity contribution in [3.63, 3.8) is 0 Å². The highest BCUT2D eigenvalue weighted by Crippen LogP contribution is 2.25. The minimum atomic E-state index is -3.56. The Morgan fingerprint density at radius 2 is 1.96 bits per heavy atom. The van der Waals surface area contributed by atoms with Crippen molar-refractivity contribution in [1.29, 1.82) is 0 Å². The molecular weight excluding hydrogens is 469 g/mol. The molecule has 0 aliphatic heterocycles. The summed E-state index contributed by atoms with van der Waals surface area (Å²) in [6, 6.07) is 14.5. The molecule has 126 valence electrons. The first-order valence-electron chi connectivity index (χ1n) is 7.32. The van der Waals surface area contributed by atoms with E-state index in [1.807, 2.05) is 41.1 Å². The third-order valence-electron chi connectivity index (χ3n) is 3.59. The van der Waals surface area contributed by atoms with Crippen LogP contribution in [0.5, 0.6) is 0 Å². The number of nitrogens with one attached hydrogen (secondary N) is 1. The normalized spacial score (nSPS) is 11.7. The second-order valence-electron chi connectivity index (χ2n) is 5.36. The summed E-state index contributed by atoms with van der Waals surface area (Å²) in [5, 5.41) is 1.74. The van der Waals surface area contributed by atoms with Crippen molar-refractivity contribution in [1.82, 2.24) is 9.38 Å². The Hall–Kier alpha value is -1.91. The van der Waals surface area contributed by atoms with Gasteiger partial charge in [-0.15, -0.1) is 11.3 Å². The fourth-order valence-electron chi connectivity index (χ4n) is 2.47. The molecule has 0 saturated heterocycles. The third-order valence-corrected chi connectivity index (χ3v) is 7.00. The van der Waals surface area contributed by atoms with Gasteiger partial charge in [0.15, 0.2) is 0 Å². The molecule has 0 radical (unpaired) electrons. The van der Waals surface area contributed by atoms with Crippen LogP contribution >= 0.6 is 33.9 Å². The van der Waals surface area contributed by atoms with Gasteiger partial charge in [-0.1, -0.05) is 18.2 Å². The second kappa shape index (κ2) is 6.43. The van der Waals surface area contributed by atoms with Crippen LogP contribution in [0.4, 0.5) is 5.69 Å². The molecule has 4 rings (SSSR count). The number of pyridine rings is 1. The van der Waals surface area contributed by atoms with Crippen molar-refractivity contribution >= 4 is 55.3 Å². The number of hydrogen-bond donors (Lipinski definition) is 1. The molecule has 0 aliphatic carbocycles. The van der Waals surface area contributed by atoms with Crippen molar-refractivity contribution in [2.75, 3.05) is 4.72 Å². The van der Waals surface area contributed by atoms with Crippen molar-refractivity contribution in [2.24, 2.45) is 0 Å². The maximum absolute atomic E-state index is 12.4. The summed E-state index contributed by atoms with van der Waals surface area (Å²) in [6.07, 6.45) is 3.93. The first-order valence-corrected chi connectivity index (χ1v) is 10.8. The Kier molecular flexibility index (Phi) is 4.26. The van der Waals surface area contributed by atoms with Crippen LogP contribution in [0.15, 0.2) is 70.5 Å². The molecule has 1 aromatic carbocycles. The Balaban J connectivity index is 1.69. The van der Waals surface area contributed by atoms with E-state index in [0.717, 1.165) is 20.5 Å². The van der Waals surface area contributed by atoms with Gasteiger partial charge in [0.25, 0.3) is 10.0 Å². The molecule has 0 aliphatic rings. The molecule has 0 fully saturated rings. The monoisotopic (exact) mass is 481 g/mol. The van der Waals surface area contributed by atoms with E-state index in [9.17, 15) is 8.42 Å². The molecule has 3 aromatic heterocycles. The lowest BCUT2D eigenvalue weighted by Crippen LogP contribution is -2.11. The fraction of sp³-hybridized carbons (Fsp3) is 0. The van der Waals surface area contributed by atoms with Crippen LogP contribution in [0.3, 0.4) is 0 Å². The van der Waals surface area contributed by atoms with Gasteiger partial charge >= 0.3 is 0 Å². The minimum absolute atomic E-state index is 0.292. The van der Waals surface area contributed by atoms with Crippen LogP contribution in [0.25, 0.3) is 16.9 Å². The number of imidazole rings is 1. The molecule has 4 aromatic rings. The average molecular weight is 481 g/mol. The zero-order valence-electron chi connectivity index (χ0n) is 12.8. The van der Waals surface area contributed by atoms with Gasteiger partial charge in [0, 0.05) is 27.2 Å². The minimum Gasteiger partial charge on any atom is -0.305 e. The van der Waals surface area contributed by atoms with Gasteiger partial charge in [-0.05, 0) is 58.3 Å². The van der Waals surface area contributed by atoms with Crippen LogP contribution in [0.1, 0.15) is 0 Å². The van der Waals surface area contributed by atoms with E-state index < -0.39 is 10.0 Å². The van der Waals surface area contributed by atoms with Gasteiger partial charge in [-0.25, -0.2) is 13.4 Å². The quantitative estimate of drug-likeness (QED) is 0.438. The van der Waals surface area contributed by atoms with Crippen LogP contribution in [-0.4, -0.2) is 17.8 Å². The molecule has 0 spiro atoms. The summed E-state index contributed by atoms with van der Waals surface area (Å²) in [7, 11) is -3.56. The first-order chi connectivity index (χ1) is 12.0. The molecule has 3 heterocycles. The fourth-order valence-corrected chi connectivity index (χ4v) is 4.99. The van der Waals surface area contributed by atoms with E-state index >= 15 is 0 Å². The van der Waals surface area contributed by atoms with E-state index in [0.29, 0.717) is 9.90 Å². The zero-order chi connectivity index (χ0) is 17.4. The Morgan fingerprint density at radius 3 is 2.76 bits per heavy atom. The number of benzene rings is 1. The highest BCUT2D eigenvalue weighted by atomic mass is 127. The lowest BCUT2D eigenvalue weighted by molar-refractivity contribution is 0.603. The molecule has 0 bridgehead atoms. The highest BCUT2D eigenvalue weighted by Gasteiger charge is 2.15. The number of thiophene rings is 1. The molecule has 5 nitrogen and oxygen atoms in total. The van der Waals surface area contributed by atoms with Crippen molar-refractivity contribution in [2.45, 2.75) is 4.21 Å². The number of rotatable bonds is 4. The number of sulfonamides is 1. The average Bonchev–Trinajstić information content (AvgIpc) is 3.24. The zero-order valence-corrected chi connectivity index (χ0v) is 16.5. The molecule has 1 N–H and O–H groups in total. The summed E-state index contributed by atoms with van der Waals surface area (Å²) in [6.45, 7) is 0. The second-order valence-corrected chi connectivity index (χ2v) is 9.46. The highest BCUT2D eigenvalue weighted by molar-refractivity contribution is 14.1. The van der Waals surface area contributed by atoms with Crippen LogP contribution < -0.4 is 4.72 Å². The molecular formula is C17H12IN3O2S2. The summed E-state index contributed by atoms with van der Waals surface area (Å²) in [5.74, 6) is 0. The first kappa shape index (κ1) is 16.6. The van der Waals surface area contributed by atoms with Gasteiger partial charge in [0.05, 0.1) is 5.69 Å². The predicted octanol–water partition coefficient (Wildman–Crippen LogP) is 4.47. The van der Waals surface area contributed by atoms with E-state index in [-0.39, 0.29) is 0 Å². The summed E-state index contributed by atoms with van der Waals surface area (Å²) in [5.41, 5.74) is 3.00. The third kappa shape index (κ3) is 3.42. The molecule has 0 unspecified atom stereocenters. The van der Waals surface area contributed by atoms with Gasteiger partial charge in [-0.2, -0.15) is 0 Å². The van der Waals surface area contributed by atoms with Crippen molar-refractivity contribution in [3.8, 4) is 11.3 Å². The van der Waals surface area contributed by atoms with E-state index in [1.165, 1.54) is 11.3 Å². The van der Waals surface area contributed by atoms with Gasteiger partial charge < -0.3 is 4.40 Å². The smallest absolute Gasteiger partial charge is 0.271 e. The number of fused-ring (bicyclic) bond motifs is 1. The number of halogens is 1. The Labute approximate surface area is 162 Å². The van der Waals surface area contributed by atoms with E-state index in [4.69, 9.17) is 0 Å².